The molecule has 2 saturated heterocycles. The van der Waals surface area contributed by atoms with Crippen molar-refractivity contribution in [2.75, 3.05) is 45.9 Å². The van der Waals surface area contributed by atoms with Gasteiger partial charge in [0.25, 0.3) is 0 Å². The van der Waals surface area contributed by atoms with E-state index in [1.165, 1.54) is 26.0 Å². The third-order valence-electron chi connectivity index (χ3n) is 21.1. The van der Waals surface area contributed by atoms with E-state index in [0.717, 1.165) is 9.80 Å². The summed E-state index contributed by atoms with van der Waals surface area (Å²) in [5.41, 5.74) is 13.2. The first-order valence-electron chi connectivity index (χ1n) is 42.2. The van der Waals surface area contributed by atoms with Crippen molar-refractivity contribution in [2.24, 2.45) is 23.3 Å². The summed E-state index contributed by atoms with van der Waals surface area (Å²) in [6.07, 6.45) is -2.09. The van der Waals surface area contributed by atoms with Gasteiger partial charge in [-0.15, -0.1) is 0 Å². The molecule has 2 aliphatic heterocycles. The van der Waals surface area contributed by atoms with Gasteiger partial charge in [-0.25, -0.2) is 0 Å². The number of benzene rings is 3. The number of unbranched alkanes of at least 4 members (excludes halogenated alkanes) is 1. The summed E-state index contributed by atoms with van der Waals surface area (Å²) in [4.78, 5) is 272. The third kappa shape index (κ3) is 35.0. The number of carbonyl (C=O) groups excluding carboxylic acids is 16. The normalized spacial score (nSPS) is 16.7. The number of rotatable bonds is 54. The highest BCUT2D eigenvalue weighted by atomic mass is 16.4. The highest BCUT2D eigenvalue weighted by Crippen LogP contribution is 2.23. The Kier molecular flexibility index (Phi) is 44.0. The number of carboxylic acid groups (broad SMARTS) is 4. The number of nitrogens with zero attached hydrogens (tertiary/aromatic N) is 2. The first-order valence-corrected chi connectivity index (χ1v) is 42.2. The van der Waals surface area contributed by atoms with E-state index < -0.39 is 273 Å². The molecule has 44 nitrogen and oxygen atoms in total. The van der Waals surface area contributed by atoms with Crippen LogP contribution in [-0.2, 0) is 115 Å². The van der Waals surface area contributed by atoms with Gasteiger partial charge in [0.1, 0.15) is 84.6 Å². The molecular formula is C84H120N18O26. The lowest BCUT2D eigenvalue weighted by Crippen LogP contribution is -2.61. The second kappa shape index (κ2) is 53.4. The van der Waals surface area contributed by atoms with E-state index in [1.54, 1.807) is 99.6 Å². The molecule has 0 aliphatic carbocycles. The van der Waals surface area contributed by atoms with Crippen molar-refractivity contribution < 1.29 is 127 Å². The quantitative estimate of drug-likeness (QED) is 0.0234. The summed E-state index contributed by atoms with van der Waals surface area (Å²) in [7, 11) is 0. The number of hydrogen-bond donors (Lipinski definition) is 22. The van der Waals surface area contributed by atoms with Gasteiger partial charge in [0.2, 0.25) is 94.5 Å². The fourth-order valence-corrected chi connectivity index (χ4v) is 13.9. The number of carbonyl (C=O) groups is 20. The molecule has 24 N–H and O–H groups in total. The molecule has 2 heterocycles. The van der Waals surface area contributed by atoms with Crippen LogP contribution in [0.15, 0.2) is 91.0 Å². The Morgan fingerprint density at radius 1 is 0.406 bits per heavy atom. The molecule has 702 valence electrons. The third-order valence-corrected chi connectivity index (χ3v) is 21.1. The van der Waals surface area contributed by atoms with Gasteiger partial charge in [0.15, 0.2) is 0 Å². The average molecular weight is 1800 g/mol. The summed E-state index contributed by atoms with van der Waals surface area (Å²) in [5.74, 6) is -23.1. The first kappa shape index (κ1) is 105. The number of carboxylic acids is 4. The van der Waals surface area contributed by atoms with Crippen LogP contribution in [0.4, 0.5) is 0 Å². The van der Waals surface area contributed by atoms with Crippen molar-refractivity contribution in [3.8, 4) is 0 Å². The highest BCUT2D eigenvalue weighted by Gasteiger charge is 2.44. The Labute approximate surface area is 738 Å². The van der Waals surface area contributed by atoms with Gasteiger partial charge < -0.3 is 126 Å². The molecule has 0 aromatic heterocycles. The van der Waals surface area contributed by atoms with Crippen LogP contribution < -0.4 is 85.9 Å². The monoisotopic (exact) mass is 1800 g/mol. The van der Waals surface area contributed by atoms with Gasteiger partial charge in [-0.1, -0.05) is 132 Å². The largest absolute Gasteiger partial charge is 0.481 e. The van der Waals surface area contributed by atoms with Crippen LogP contribution in [0, 0.1) is 11.8 Å². The number of aliphatic carboxylic acids is 4. The lowest BCUT2D eigenvalue weighted by molar-refractivity contribution is -0.147. The van der Waals surface area contributed by atoms with Crippen molar-refractivity contribution in [1.29, 1.82) is 0 Å². The van der Waals surface area contributed by atoms with Crippen LogP contribution in [0.5, 0.6) is 0 Å². The number of likely N-dealkylation sites (tertiary alicyclic amines) is 2. The molecule has 3 aromatic rings. The summed E-state index contributed by atoms with van der Waals surface area (Å²) in [6.45, 7) is 5.48. The first-order chi connectivity index (χ1) is 60.7. The Hall–Kier alpha value is -13.1. The molecule has 2 fully saturated rings. The smallest absolute Gasteiger partial charge is 0.325 e. The zero-order valence-corrected chi connectivity index (χ0v) is 72.1. The molecule has 128 heavy (non-hydrogen) atoms. The van der Waals surface area contributed by atoms with Gasteiger partial charge in [0, 0.05) is 38.8 Å². The van der Waals surface area contributed by atoms with Crippen LogP contribution >= 0.6 is 0 Å². The van der Waals surface area contributed by atoms with Crippen molar-refractivity contribution in [1.82, 2.24) is 84.2 Å². The Morgan fingerprint density at radius 2 is 0.812 bits per heavy atom. The molecule has 0 radical (unpaired) electrons. The minimum absolute atomic E-state index is 0.0526. The molecule has 16 amide bonds. The predicted molar refractivity (Wildman–Crippen MR) is 453 cm³/mol. The fourth-order valence-electron chi connectivity index (χ4n) is 13.9. The molecule has 5 rings (SSSR count). The van der Waals surface area contributed by atoms with Crippen LogP contribution in [-0.4, -0.2) is 295 Å². The lowest BCUT2D eigenvalue weighted by Gasteiger charge is -2.31. The van der Waals surface area contributed by atoms with E-state index in [2.05, 4.69) is 74.4 Å². The minimum atomic E-state index is -2.05. The summed E-state index contributed by atoms with van der Waals surface area (Å²) < 4.78 is 0. The maximum absolute atomic E-state index is 14.9. The molecule has 0 bridgehead atoms. The second-order valence-corrected chi connectivity index (χ2v) is 31.7. The van der Waals surface area contributed by atoms with Crippen molar-refractivity contribution in [3.05, 3.63) is 108 Å². The summed E-state index contributed by atoms with van der Waals surface area (Å²) in [5, 5.41) is 93.1. The molecule has 0 spiro atoms. The van der Waals surface area contributed by atoms with E-state index >= 15 is 0 Å². The molecule has 16 unspecified atom stereocenters. The van der Waals surface area contributed by atoms with Gasteiger partial charge >= 0.3 is 23.9 Å². The fraction of sp³-hybridized carbons (Fsp3) is 0.548. The summed E-state index contributed by atoms with van der Waals surface area (Å²) >= 11 is 0. The van der Waals surface area contributed by atoms with Crippen molar-refractivity contribution in [3.63, 3.8) is 0 Å². The minimum Gasteiger partial charge on any atom is -0.481 e. The van der Waals surface area contributed by atoms with Crippen LogP contribution in [0.1, 0.15) is 142 Å². The molecule has 44 heteroatoms. The Bertz CT molecular complexity index is 4360. The second-order valence-electron chi connectivity index (χ2n) is 31.7. The van der Waals surface area contributed by atoms with Crippen molar-refractivity contribution >= 4 is 118 Å². The average Bonchev–Trinajstić information content (AvgIpc) is 1.68. The van der Waals surface area contributed by atoms with Gasteiger partial charge in [0.05, 0.1) is 45.2 Å². The predicted octanol–water partition coefficient (Wildman–Crippen LogP) is -5.78. The van der Waals surface area contributed by atoms with Crippen LogP contribution in [0.2, 0.25) is 0 Å². The van der Waals surface area contributed by atoms with Gasteiger partial charge in [-0.2, -0.15) is 0 Å². The SMILES string of the molecule is CCC(C)C(NC(=O)C(N)CCCCN)C(=O)NC(Cc1ccccc1)C(=O)NCC(=O)NC(CO)C(=O)NC(CC(C)C)C(=O)NC(C)C(=O)NC(Cc1ccccc1)C(=O)N1CCCC1C(=O)NC(CCC(=O)O)C(=O)NC(CO)C(=O)NC(Cc1ccccc1)C(=O)NC(CC(=O)O)C(=O)NCC(=O)NC(CC(=O)O)C(=O)N1CCCC1C(=O)NC(C)C(=O)O. The number of hydrogen-bond acceptors (Lipinski definition) is 24. The molecule has 3 aromatic carbocycles. The van der Waals surface area contributed by atoms with E-state index in [1.807, 2.05) is 6.92 Å². The van der Waals surface area contributed by atoms with Gasteiger partial charge in [-0.3, -0.25) is 95.9 Å². The number of nitrogens with two attached hydrogens (primary N) is 2. The maximum Gasteiger partial charge on any atom is 0.325 e. The molecular weight excluding hydrogens is 1680 g/mol. The standard InChI is InChI=1S/C84H120N18O26/c1-7-46(4)69(100-71(114)52(86)27-17-18-32-85)81(124)97-55(36-49-21-11-8-12-22-49)72(115)87-42-65(106)92-60(43-103)77(120)94-54(35-45(2)3)75(118)89-47(5)70(113)98-58(38-51-25-15-10-16-26-51)82(125)102-34-20-29-63(102)80(123)93-53(30-31-66(107)108)74(117)99-61(44-104)78(121)95-56(37-50-23-13-9-14-24-50)76(119)96-57(39-67(109)110)73(116)88-41-64(105)91-59(40-68(111)112)83(126)101-33-19-28-62(101)79(122)90-48(6)84(127)128/h8-16,21-26,45-48,52-63,69,103-104H,7,17-20,27-44,85-86H2,1-6H3,(H,87,115)(H,88,116)(H,89,118)(H,90,122)(H,91,105)(H,92,106)(H,93,123)(H,94,120)(H,95,121)(H,96,119)(H,97,124)(H,98,113)(H,99,117)(H,100,114)(H,107,108)(H,109,110)(H,111,112)(H,127,128). The molecule has 2 aliphatic rings. The zero-order chi connectivity index (χ0) is 95.0. The van der Waals surface area contributed by atoms with Gasteiger partial charge in [-0.05, 0) is 100 Å². The van der Waals surface area contributed by atoms with Crippen LogP contribution in [0.3, 0.4) is 0 Å². The Balaban J connectivity index is 1.26. The molecule has 16 atom stereocenters. The topological polar surface area (TPSA) is 690 Å². The number of amides is 16. The van der Waals surface area contributed by atoms with E-state index in [4.69, 9.17) is 11.5 Å². The van der Waals surface area contributed by atoms with E-state index in [9.17, 15) is 127 Å². The number of nitrogens with one attached hydrogen (secondary N) is 14. The highest BCUT2D eigenvalue weighted by molar-refractivity contribution is 6.02. The Morgan fingerprint density at radius 3 is 1.29 bits per heavy atom. The number of aliphatic hydroxyl groups is 2. The maximum atomic E-state index is 14.9. The number of aliphatic hydroxyl groups excluding tert-OH is 2. The summed E-state index contributed by atoms with van der Waals surface area (Å²) in [6, 6.07) is 1.40. The van der Waals surface area contributed by atoms with Crippen LogP contribution in [0.25, 0.3) is 0 Å². The van der Waals surface area contributed by atoms with E-state index in [0.29, 0.717) is 48.9 Å². The van der Waals surface area contributed by atoms with Crippen molar-refractivity contribution in [2.45, 2.75) is 235 Å². The zero-order valence-electron chi connectivity index (χ0n) is 72.1. The van der Waals surface area contributed by atoms with E-state index in [-0.39, 0.29) is 64.0 Å². The molecule has 0 saturated carbocycles. The lowest BCUT2D eigenvalue weighted by atomic mass is 9.96.